The first-order valence-corrected chi connectivity index (χ1v) is 5.42. The minimum atomic E-state index is -0.314. The highest BCUT2D eigenvalue weighted by Crippen LogP contribution is 2.37. The molecule has 16 heavy (non-hydrogen) atoms. The van der Waals surface area contributed by atoms with Crippen LogP contribution in [-0.4, -0.2) is 19.2 Å². The molecule has 1 aliphatic carbocycles. The van der Waals surface area contributed by atoms with Crippen LogP contribution in [0, 0.1) is 0 Å². The molecular weight excluding hydrogens is 206 g/mol. The van der Waals surface area contributed by atoms with E-state index in [4.69, 9.17) is 9.47 Å². The Bertz CT molecular complexity index is 444. The van der Waals surface area contributed by atoms with Gasteiger partial charge >= 0.3 is 6.09 Å². The van der Waals surface area contributed by atoms with Gasteiger partial charge in [-0.2, -0.15) is 0 Å². The summed E-state index contributed by atoms with van der Waals surface area (Å²) in [5.41, 5.74) is 2.33. The number of benzene rings is 1. The van der Waals surface area contributed by atoms with Gasteiger partial charge in [0.15, 0.2) is 0 Å². The van der Waals surface area contributed by atoms with Gasteiger partial charge in [-0.3, -0.25) is 0 Å². The SMILES string of the molecule is COc1ccc2c(c1)C1OC(=O)N[C@H]1CC2. The van der Waals surface area contributed by atoms with Crippen LogP contribution < -0.4 is 10.1 Å². The zero-order chi connectivity index (χ0) is 11.1. The average Bonchev–Trinajstić information content (AvgIpc) is 2.69. The van der Waals surface area contributed by atoms with Gasteiger partial charge in [0.05, 0.1) is 13.2 Å². The van der Waals surface area contributed by atoms with E-state index in [1.54, 1.807) is 7.11 Å². The number of aryl methyl sites for hydroxylation is 1. The molecule has 1 N–H and O–H groups in total. The number of nitrogens with one attached hydrogen (secondary N) is 1. The van der Waals surface area contributed by atoms with Crippen molar-refractivity contribution in [1.82, 2.24) is 5.32 Å². The fourth-order valence-electron chi connectivity index (χ4n) is 2.47. The Hall–Kier alpha value is -1.71. The van der Waals surface area contributed by atoms with Crippen molar-refractivity contribution in [2.24, 2.45) is 0 Å². The van der Waals surface area contributed by atoms with Crippen molar-refractivity contribution < 1.29 is 14.3 Å². The monoisotopic (exact) mass is 219 g/mol. The third-order valence-corrected chi connectivity index (χ3v) is 3.29. The maximum atomic E-state index is 11.2. The third kappa shape index (κ3) is 1.33. The van der Waals surface area contributed by atoms with Crippen LogP contribution in [0.25, 0.3) is 0 Å². The summed E-state index contributed by atoms with van der Waals surface area (Å²) >= 11 is 0. The number of carbonyl (C=O) groups excluding carboxylic acids is 1. The molecule has 1 heterocycles. The lowest BCUT2D eigenvalue weighted by molar-refractivity contribution is 0.127. The predicted octanol–water partition coefficient (Wildman–Crippen LogP) is 1.79. The van der Waals surface area contributed by atoms with Crippen LogP contribution in [0.1, 0.15) is 23.7 Å². The summed E-state index contributed by atoms with van der Waals surface area (Å²) in [5, 5.41) is 2.83. The number of hydrogen-bond acceptors (Lipinski definition) is 3. The molecule has 0 radical (unpaired) electrons. The quantitative estimate of drug-likeness (QED) is 0.783. The van der Waals surface area contributed by atoms with Crippen molar-refractivity contribution in [3.63, 3.8) is 0 Å². The smallest absolute Gasteiger partial charge is 0.408 e. The number of amides is 1. The van der Waals surface area contributed by atoms with Gasteiger partial charge in [0.1, 0.15) is 11.9 Å². The molecule has 0 bridgehead atoms. The second-order valence-electron chi connectivity index (χ2n) is 4.18. The zero-order valence-electron chi connectivity index (χ0n) is 9.03. The molecular formula is C12H13NO3. The molecule has 1 aliphatic heterocycles. The molecule has 1 aromatic rings. The Kier molecular flexibility index (Phi) is 2.02. The predicted molar refractivity (Wildman–Crippen MR) is 57.5 cm³/mol. The normalized spacial score (nSPS) is 26.4. The van der Waals surface area contributed by atoms with E-state index in [2.05, 4.69) is 11.4 Å². The summed E-state index contributed by atoms with van der Waals surface area (Å²) in [7, 11) is 1.64. The topological polar surface area (TPSA) is 47.6 Å². The van der Waals surface area contributed by atoms with Crippen molar-refractivity contribution in [3.8, 4) is 5.75 Å². The van der Waals surface area contributed by atoms with E-state index in [0.29, 0.717) is 0 Å². The summed E-state index contributed by atoms with van der Waals surface area (Å²) < 4.78 is 10.5. The van der Waals surface area contributed by atoms with Crippen LogP contribution in [0.3, 0.4) is 0 Å². The van der Waals surface area contributed by atoms with E-state index in [1.165, 1.54) is 5.56 Å². The minimum absolute atomic E-state index is 0.118. The van der Waals surface area contributed by atoms with E-state index in [9.17, 15) is 4.79 Å². The lowest BCUT2D eigenvalue weighted by Crippen LogP contribution is -2.31. The minimum Gasteiger partial charge on any atom is -0.497 e. The Labute approximate surface area is 93.5 Å². The highest BCUT2D eigenvalue weighted by atomic mass is 16.6. The van der Waals surface area contributed by atoms with Gasteiger partial charge in [-0.05, 0) is 30.5 Å². The summed E-state index contributed by atoms with van der Waals surface area (Å²) in [6.45, 7) is 0. The Balaban J connectivity index is 2.03. The molecule has 2 aliphatic rings. The van der Waals surface area contributed by atoms with Crippen molar-refractivity contribution in [1.29, 1.82) is 0 Å². The molecule has 4 heteroatoms. The van der Waals surface area contributed by atoms with Gasteiger partial charge in [0.2, 0.25) is 0 Å². The Morgan fingerprint density at radius 3 is 3.19 bits per heavy atom. The fraction of sp³-hybridized carbons (Fsp3) is 0.417. The molecule has 1 fully saturated rings. The zero-order valence-corrected chi connectivity index (χ0v) is 9.03. The largest absolute Gasteiger partial charge is 0.497 e. The molecule has 1 saturated heterocycles. The van der Waals surface area contributed by atoms with Gasteiger partial charge in [-0.15, -0.1) is 0 Å². The second-order valence-corrected chi connectivity index (χ2v) is 4.18. The lowest BCUT2D eigenvalue weighted by atomic mass is 9.86. The standard InChI is InChI=1S/C12H13NO3/c1-15-8-4-2-7-3-5-10-11(9(7)6-8)16-12(14)13-10/h2,4,6,10-11H,3,5H2,1H3,(H,13,14)/t10-,11?/m0/s1. The van der Waals surface area contributed by atoms with E-state index >= 15 is 0 Å². The number of alkyl carbamates (subject to hydrolysis) is 1. The first-order valence-electron chi connectivity index (χ1n) is 5.42. The maximum Gasteiger partial charge on any atom is 0.408 e. The first-order chi connectivity index (χ1) is 7.78. The molecule has 1 aromatic carbocycles. The molecule has 4 nitrogen and oxygen atoms in total. The molecule has 2 atom stereocenters. The first kappa shape index (κ1) is 9.51. The number of methoxy groups -OCH3 is 1. The number of ether oxygens (including phenoxy) is 2. The number of hydrogen-bond donors (Lipinski definition) is 1. The molecule has 1 amide bonds. The number of rotatable bonds is 1. The molecule has 84 valence electrons. The maximum absolute atomic E-state index is 11.2. The van der Waals surface area contributed by atoms with E-state index in [0.717, 1.165) is 24.2 Å². The number of fused-ring (bicyclic) bond motifs is 3. The van der Waals surface area contributed by atoms with Crippen molar-refractivity contribution >= 4 is 6.09 Å². The van der Waals surface area contributed by atoms with Crippen molar-refractivity contribution in [2.75, 3.05) is 7.11 Å². The highest BCUT2D eigenvalue weighted by Gasteiger charge is 2.39. The number of carbonyl (C=O) groups is 1. The molecule has 0 aromatic heterocycles. The molecule has 3 rings (SSSR count). The van der Waals surface area contributed by atoms with Crippen LogP contribution in [0.2, 0.25) is 0 Å². The lowest BCUT2D eigenvalue weighted by Gasteiger charge is -2.25. The summed E-state index contributed by atoms with van der Waals surface area (Å²) in [6, 6.07) is 6.08. The Morgan fingerprint density at radius 2 is 2.38 bits per heavy atom. The third-order valence-electron chi connectivity index (χ3n) is 3.29. The van der Waals surface area contributed by atoms with Crippen molar-refractivity contribution in [3.05, 3.63) is 29.3 Å². The van der Waals surface area contributed by atoms with Gasteiger partial charge in [0, 0.05) is 5.56 Å². The highest BCUT2D eigenvalue weighted by molar-refractivity contribution is 5.71. The van der Waals surface area contributed by atoms with Gasteiger partial charge < -0.3 is 14.8 Å². The van der Waals surface area contributed by atoms with Gasteiger partial charge in [-0.25, -0.2) is 4.79 Å². The summed E-state index contributed by atoms with van der Waals surface area (Å²) in [4.78, 5) is 11.2. The summed E-state index contributed by atoms with van der Waals surface area (Å²) in [6.07, 6.45) is 1.46. The van der Waals surface area contributed by atoms with Crippen LogP contribution in [0.5, 0.6) is 5.75 Å². The fourth-order valence-corrected chi connectivity index (χ4v) is 2.47. The van der Waals surface area contributed by atoms with Crippen LogP contribution in [0.4, 0.5) is 4.79 Å². The Morgan fingerprint density at radius 1 is 1.50 bits per heavy atom. The molecule has 0 saturated carbocycles. The molecule has 1 unspecified atom stereocenters. The average molecular weight is 219 g/mol. The van der Waals surface area contributed by atoms with Crippen LogP contribution in [0.15, 0.2) is 18.2 Å². The van der Waals surface area contributed by atoms with Crippen molar-refractivity contribution in [2.45, 2.75) is 25.0 Å². The van der Waals surface area contributed by atoms with Crippen LogP contribution >= 0.6 is 0 Å². The summed E-state index contributed by atoms with van der Waals surface area (Å²) in [5.74, 6) is 0.808. The molecule has 0 spiro atoms. The van der Waals surface area contributed by atoms with E-state index in [-0.39, 0.29) is 18.2 Å². The van der Waals surface area contributed by atoms with Gasteiger partial charge in [0.25, 0.3) is 0 Å². The van der Waals surface area contributed by atoms with Gasteiger partial charge in [-0.1, -0.05) is 6.07 Å². The van der Waals surface area contributed by atoms with Crippen LogP contribution in [-0.2, 0) is 11.2 Å². The van der Waals surface area contributed by atoms with E-state index < -0.39 is 0 Å². The second kappa shape index (κ2) is 3.40. The van der Waals surface area contributed by atoms with E-state index in [1.807, 2.05) is 12.1 Å².